The zero-order chi connectivity index (χ0) is 31.3. The number of aryl methyl sites for hydroxylation is 1. The summed E-state index contributed by atoms with van der Waals surface area (Å²) in [5.74, 6) is 0.0602. The molecule has 0 bridgehead atoms. The van der Waals surface area contributed by atoms with Crippen LogP contribution in [0.3, 0.4) is 0 Å². The van der Waals surface area contributed by atoms with Crippen LogP contribution in [-0.2, 0) is 14.3 Å². The lowest BCUT2D eigenvalue weighted by molar-refractivity contribution is -0.275. The van der Waals surface area contributed by atoms with Gasteiger partial charge in [-0.05, 0) is 57.0 Å². The largest absolute Gasteiger partial charge is 0.573 e. The number of alkyl halides is 3. The molecule has 236 valence electrons. The second-order valence-electron chi connectivity index (χ2n) is 12.2. The number of likely N-dealkylation sites (tertiary alicyclic amines) is 1. The smallest absolute Gasteiger partial charge is 0.493 e. The molecular formula is C30H38F3N3O7. The standard InChI is InChI=1S/C30H38F3N3O7/c1-17-9-26(34-11-24(17)43-30(31,32)33)35-12-20(13-35)41-23-10-19(7-8-22(23)39-6)21-14-36(16-29(21,5)18(2)37)27(38)25-15-40-28(3,4)42-25/h7-11,18,20-21,25,37H,12-16H2,1-6H3/t18?,21-,25-,29-/m0/s1. The Morgan fingerprint density at radius 1 is 1.14 bits per heavy atom. The summed E-state index contributed by atoms with van der Waals surface area (Å²) in [7, 11) is 1.55. The lowest BCUT2D eigenvalue weighted by Gasteiger charge is -2.40. The second-order valence-corrected chi connectivity index (χ2v) is 12.2. The van der Waals surface area contributed by atoms with Crippen LogP contribution >= 0.6 is 0 Å². The number of halogens is 3. The fourth-order valence-electron chi connectivity index (χ4n) is 5.92. The summed E-state index contributed by atoms with van der Waals surface area (Å²) < 4.78 is 65.1. The number of pyridine rings is 1. The summed E-state index contributed by atoms with van der Waals surface area (Å²) in [5.41, 5.74) is 0.587. The SMILES string of the molecule is COc1ccc([C@@H]2CN(C(=O)[C@@H]3COC(C)(C)O3)C[C@@]2(C)C(C)O)cc1OC1CN(c2cc(C)c(OC(F)(F)F)cn2)C1. The molecule has 0 spiro atoms. The molecule has 1 amide bonds. The third-order valence-electron chi connectivity index (χ3n) is 8.61. The molecule has 2 aromatic rings. The molecule has 43 heavy (non-hydrogen) atoms. The Labute approximate surface area is 248 Å². The summed E-state index contributed by atoms with van der Waals surface area (Å²) in [6.07, 6.45) is -5.34. The van der Waals surface area contributed by atoms with Crippen molar-refractivity contribution in [2.45, 2.75) is 71.0 Å². The molecular weight excluding hydrogens is 571 g/mol. The monoisotopic (exact) mass is 609 g/mol. The first-order valence-corrected chi connectivity index (χ1v) is 14.2. The maximum atomic E-state index is 13.4. The van der Waals surface area contributed by atoms with Crippen molar-refractivity contribution in [3.05, 3.63) is 41.6 Å². The first-order chi connectivity index (χ1) is 20.1. The van der Waals surface area contributed by atoms with Crippen LogP contribution < -0.4 is 19.1 Å². The van der Waals surface area contributed by atoms with E-state index < -0.39 is 29.8 Å². The number of hydrogen-bond donors (Lipinski definition) is 1. The predicted octanol–water partition coefficient (Wildman–Crippen LogP) is 4.03. The Balaban J connectivity index is 1.29. The fraction of sp³-hybridized carbons (Fsp3) is 0.600. The van der Waals surface area contributed by atoms with Crippen LogP contribution in [0, 0.1) is 12.3 Å². The van der Waals surface area contributed by atoms with E-state index in [2.05, 4.69) is 9.72 Å². The molecule has 1 aromatic heterocycles. The van der Waals surface area contributed by atoms with E-state index in [1.807, 2.05) is 30.0 Å². The van der Waals surface area contributed by atoms with Crippen molar-refractivity contribution in [3.63, 3.8) is 0 Å². The minimum Gasteiger partial charge on any atom is -0.493 e. The Kier molecular flexibility index (Phi) is 8.20. The Hall–Kier alpha value is -3.29. The molecule has 0 aliphatic carbocycles. The summed E-state index contributed by atoms with van der Waals surface area (Å²) in [6, 6.07) is 7.18. The second kappa shape index (κ2) is 11.3. The Bertz CT molecular complexity index is 1350. The summed E-state index contributed by atoms with van der Waals surface area (Å²) in [5, 5.41) is 10.9. The van der Waals surface area contributed by atoms with E-state index in [0.717, 1.165) is 11.8 Å². The Morgan fingerprint density at radius 2 is 1.86 bits per heavy atom. The molecule has 1 aromatic carbocycles. The van der Waals surface area contributed by atoms with Gasteiger partial charge in [0.1, 0.15) is 11.9 Å². The zero-order valence-electron chi connectivity index (χ0n) is 25.1. The van der Waals surface area contributed by atoms with Crippen molar-refractivity contribution < 1.29 is 46.8 Å². The molecule has 4 atom stereocenters. The minimum atomic E-state index is -4.78. The van der Waals surface area contributed by atoms with Gasteiger partial charge in [0.2, 0.25) is 0 Å². The highest BCUT2D eigenvalue weighted by Crippen LogP contribution is 2.47. The van der Waals surface area contributed by atoms with E-state index in [-0.39, 0.29) is 30.3 Å². The normalized spacial score (nSPS) is 26.3. The maximum absolute atomic E-state index is 13.4. The van der Waals surface area contributed by atoms with E-state index in [9.17, 15) is 23.1 Å². The highest BCUT2D eigenvalue weighted by molar-refractivity contribution is 5.82. The van der Waals surface area contributed by atoms with Crippen LogP contribution in [0.15, 0.2) is 30.5 Å². The van der Waals surface area contributed by atoms with Gasteiger partial charge < -0.3 is 38.6 Å². The van der Waals surface area contributed by atoms with E-state index >= 15 is 0 Å². The van der Waals surface area contributed by atoms with Crippen molar-refractivity contribution in [1.82, 2.24) is 9.88 Å². The molecule has 13 heteroatoms. The molecule has 3 aliphatic rings. The molecule has 1 N–H and O–H groups in total. The summed E-state index contributed by atoms with van der Waals surface area (Å²) >= 11 is 0. The fourth-order valence-corrected chi connectivity index (χ4v) is 5.92. The number of carbonyl (C=O) groups is 1. The van der Waals surface area contributed by atoms with Crippen LogP contribution in [0.4, 0.5) is 19.0 Å². The minimum absolute atomic E-state index is 0.165. The topological polar surface area (TPSA) is 103 Å². The highest BCUT2D eigenvalue weighted by Gasteiger charge is 2.51. The van der Waals surface area contributed by atoms with E-state index in [4.69, 9.17) is 18.9 Å². The molecule has 3 saturated heterocycles. The first-order valence-electron chi connectivity index (χ1n) is 14.2. The van der Waals surface area contributed by atoms with Crippen molar-refractivity contribution >= 4 is 11.7 Å². The van der Waals surface area contributed by atoms with Gasteiger partial charge in [0.05, 0.1) is 39.1 Å². The molecule has 0 radical (unpaired) electrons. The number of carbonyl (C=O) groups excluding carboxylic acids is 1. The number of anilines is 1. The molecule has 3 fully saturated rings. The number of amides is 1. The summed E-state index contributed by atoms with van der Waals surface area (Å²) in [4.78, 5) is 21.1. The number of benzene rings is 1. The average Bonchev–Trinajstić information content (AvgIpc) is 3.46. The van der Waals surface area contributed by atoms with E-state index in [0.29, 0.717) is 49.1 Å². The lowest BCUT2D eigenvalue weighted by atomic mass is 9.72. The quantitative estimate of drug-likeness (QED) is 0.475. The van der Waals surface area contributed by atoms with Crippen LogP contribution in [-0.4, -0.2) is 91.3 Å². The van der Waals surface area contributed by atoms with Gasteiger partial charge >= 0.3 is 6.36 Å². The Morgan fingerprint density at radius 3 is 2.44 bits per heavy atom. The van der Waals surface area contributed by atoms with Crippen LogP contribution in [0.5, 0.6) is 17.2 Å². The first kappa shape index (κ1) is 31.1. The van der Waals surface area contributed by atoms with Gasteiger partial charge in [-0.1, -0.05) is 13.0 Å². The van der Waals surface area contributed by atoms with Crippen molar-refractivity contribution in [2.75, 3.05) is 44.8 Å². The molecule has 10 nitrogen and oxygen atoms in total. The number of aliphatic hydroxyl groups excluding tert-OH is 1. The van der Waals surface area contributed by atoms with Gasteiger partial charge in [-0.3, -0.25) is 4.79 Å². The number of ether oxygens (including phenoxy) is 5. The number of nitrogens with zero attached hydrogens (tertiary/aromatic N) is 3. The van der Waals surface area contributed by atoms with Gasteiger partial charge in [-0.2, -0.15) is 0 Å². The van der Waals surface area contributed by atoms with Gasteiger partial charge in [0.15, 0.2) is 29.1 Å². The molecule has 0 saturated carbocycles. The molecule has 1 unspecified atom stereocenters. The summed E-state index contributed by atoms with van der Waals surface area (Å²) in [6.45, 7) is 10.6. The van der Waals surface area contributed by atoms with Crippen molar-refractivity contribution in [2.24, 2.45) is 5.41 Å². The number of aromatic nitrogens is 1. The average molecular weight is 610 g/mol. The van der Waals surface area contributed by atoms with E-state index in [1.165, 1.54) is 6.92 Å². The third kappa shape index (κ3) is 6.48. The van der Waals surface area contributed by atoms with Gasteiger partial charge in [-0.15, -0.1) is 13.2 Å². The molecule has 4 heterocycles. The number of methoxy groups -OCH3 is 1. The van der Waals surface area contributed by atoms with Crippen molar-refractivity contribution in [1.29, 1.82) is 0 Å². The zero-order valence-corrected chi connectivity index (χ0v) is 25.1. The molecule has 3 aliphatic heterocycles. The number of hydrogen-bond acceptors (Lipinski definition) is 9. The maximum Gasteiger partial charge on any atom is 0.573 e. The van der Waals surface area contributed by atoms with Gasteiger partial charge in [0.25, 0.3) is 5.91 Å². The van der Waals surface area contributed by atoms with Crippen LogP contribution in [0.1, 0.15) is 44.7 Å². The third-order valence-corrected chi connectivity index (χ3v) is 8.61. The van der Waals surface area contributed by atoms with Gasteiger partial charge in [-0.25, -0.2) is 4.98 Å². The van der Waals surface area contributed by atoms with Crippen LogP contribution in [0.25, 0.3) is 0 Å². The number of rotatable bonds is 8. The van der Waals surface area contributed by atoms with Gasteiger partial charge in [0, 0.05) is 24.4 Å². The van der Waals surface area contributed by atoms with Crippen LogP contribution in [0.2, 0.25) is 0 Å². The number of aliphatic hydroxyl groups is 1. The lowest BCUT2D eigenvalue weighted by Crippen LogP contribution is -2.54. The van der Waals surface area contributed by atoms with E-state index in [1.54, 1.807) is 38.8 Å². The van der Waals surface area contributed by atoms with Crippen molar-refractivity contribution in [3.8, 4) is 17.2 Å². The molecule has 5 rings (SSSR count). The predicted molar refractivity (Wildman–Crippen MR) is 149 cm³/mol. The highest BCUT2D eigenvalue weighted by atomic mass is 19.4.